The Labute approximate surface area is 190 Å². The van der Waals surface area contributed by atoms with Gasteiger partial charge in [-0.2, -0.15) is 0 Å². The first-order valence-corrected chi connectivity index (χ1v) is 10.9. The Bertz CT molecular complexity index is 1310. The molecule has 166 valence electrons. The Kier molecular flexibility index (Phi) is 5.75. The Morgan fingerprint density at radius 3 is 2.45 bits per heavy atom. The van der Waals surface area contributed by atoms with Crippen molar-refractivity contribution < 1.29 is 4.79 Å². The van der Waals surface area contributed by atoms with Crippen LogP contribution in [0.15, 0.2) is 72.0 Å². The van der Waals surface area contributed by atoms with E-state index in [2.05, 4.69) is 25.1 Å². The molecule has 0 spiro atoms. The summed E-state index contributed by atoms with van der Waals surface area (Å²) in [6, 6.07) is 14.9. The van der Waals surface area contributed by atoms with Crippen molar-refractivity contribution in [3.8, 4) is 11.3 Å². The van der Waals surface area contributed by atoms with Gasteiger partial charge in [0.1, 0.15) is 0 Å². The first-order chi connectivity index (χ1) is 16.2. The van der Waals surface area contributed by atoms with E-state index in [0.29, 0.717) is 43.6 Å². The van der Waals surface area contributed by atoms with E-state index < -0.39 is 0 Å². The van der Waals surface area contributed by atoms with Gasteiger partial charge in [-0.25, -0.2) is 4.98 Å². The third kappa shape index (κ3) is 4.43. The second-order valence-electron chi connectivity index (χ2n) is 7.89. The molecule has 1 amide bonds. The highest BCUT2D eigenvalue weighted by molar-refractivity contribution is 5.78. The maximum Gasteiger partial charge on any atom is 0.261 e. The lowest BCUT2D eigenvalue weighted by Gasteiger charge is -2.35. The van der Waals surface area contributed by atoms with Crippen LogP contribution in [0.1, 0.15) is 6.42 Å². The van der Waals surface area contributed by atoms with Gasteiger partial charge in [0.15, 0.2) is 5.82 Å². The van der Waals surface area contributed by atoms with Gasteiger partial charge in [-0.1, -0.05) is 12.1 Å². The number of rotatable bonds is 5. The number of aromatic nitrogens is 5. The van der Waals surface area contributed by atoms with Gasteiger partial charge in [0.05, 0.1) is 22.9 Å². The molecule has 1 aliphatic rings. The Balaban J connectivity index is 1.16. The maximum atomic E-state index is 12.7. The van der Waals surface area contributed by atoms with Gasteiger partial charge in [-0.3, -0.25) is 19.1 Å². The number of benzene rings is 1. The zero-order chi connectivity index (χ0) is 22.6. The molecule has 4 heterocycles. The van der Waals surface area contributed by atoms with Gasteiger partial charge < -0.3 is 9.80 Å². The Hall–Kier alpha value is -4.14. The summed E-state index contributed by atoms with van der Waals surface area (Å²) in [5, 5.41) is 9.27. The quantitative estimate of drug-likeness (QED) is 0.467. The lowest BCUT2D eigenvalue weighted by molar-refractivity contribution is -0.131. The van der Waals surface area contributed by atoms with Crippen LogP contribution in [0, 0.1) is 0 Å². The highest BCUT2D eigenvalue weighted by atomic mass is 16.2. The van der Waals surface area contributed by atoms with Crippen LogP contribution in [0.4, 0.5) is 5.82 Å². The number of aryl methyl sites for hydroxylation is 1. The summed E-state index contributed by atoms with van der Waals surface area (Å²) < 4.78 is 1.51. The van der Waals surface area contributed by atoms with E-state index in [1.807, 2.05) is 47.4 Å². The number of para-hydroxylation sites is 1. The molecular formula is C24H23N7O2. The van der Waals surface area contributed by atoms with E-state index in [0.717, 1.165) is 17.1 Å². The van der Waals surface area contributed by atoms with Crippen LogP contribution in [0.25, 0.3) is 22.2 Å². The highest BCUT2D eigenvalue weighted by Gasteiger charge is 2.22. The Morgan fingerprint density at radius 1 is 0.909 bits per heavy atom. The first kappa shape index (κ1) is 20.7. The third-order valence-electron chi connectivity index (χ3n) is 5.88. The van der Waals surface area contributed by atoms with Gasteiger partial charge in [-0.05, 0) is 36.4 Å². The predicted molar refractivity (Wildman–Crippen MR) is 125 cm³/mol. The third-order valence-corrected chi connectivity index (χ3v) is 5.88. The number of fused-ring (bicyclic) bond motifs is 1. The molecule has 3 aromatic heterocycles. The summed E-state index contributed by atoms with van der Waals surface area (Å²) in [7, 11) is 0. The normalized spacial score (nSPS) is 13.9. The van der Waals surface area contributed by atoms with Crippen LogP contribution in [-0.2, 0) is 11.3 Å². The summed E-state index contributed by atoms with van der Waals surface area (Å²) in [4.78, 5) is 37.6. The maximum absolute atomic E-state index is 12.7. The van der Waals surface area contributed by atoms with E-state index in [1.54, 1.807) is 18.5 Å². The fraction of sp³-hybridized carbons (Fsp3) is 0.250. The van der Waals surface area contributed by atoms with E-state index in [4.69, 9.17) is 0 Å². The number of anilines is 1. The smallest absolute Gasteiger partial charge is 0.261 e. The van der Waals surface area contributed by atoms with E-state index >= 15 is 0 Å². The minimum Gasteiger partial charge on any atom is -0.352 e. The number of carbonyl (C=O) groups excluding carboxylic acids is 1. The fourth-order valence-corrected chi connectivity index (χ4v) is 4.00. The summed E-state index contributed by atoms with van der Waals surface area (Å²) in [5.74, 6) is 0.836. The average molecular weight is 441 g/mol. The zero-order valence-electron chi connectivity index (χ0n) is 18.0. The lowest BCUT2D eigenvalue weighted by Crippen LogP contribution is -2.49. The molecule has 9 heteroatoms. The second kappa shape index (κ2) is 9.15. The monoisotopic (exact) mass is 441 g/mol. The van der Waals surface area contributed by atoms with Crippen LogP contribution in [-0.4, -0.2) is 61.7 Å². The minimum absolute atomic E-state index is 0.0360. The topological polar surface area (TPSA) is 97.1 Å². The summed E-state index contributed by atoms with van der Waals surface area (Å²) in [6.07, 6.45) is 5.24. The summed E-state index contributed by atoms with van der Waals surface area (Å²) in [5.41, 5.74) is 2.32. The molecular weight excluding hydrogens is 418 g/mol. The number of pyridine rings is 1. The van der Waals surface area contributed by atoms with E-state index in [-0.39, 0.29) is 17.9 Å². The predicted octanol–water partition coefficient (Wildman–Crippen LogP) is 1.99. The molecule has 1 fully saturated rings. The number of nitrogens with zero attached hydrogens (tertiary/aromatic N) is 7. The molecule has 0 aliphatic carbocycles. The molecule has 4 aromatic rings. The van der Waals surface area contributed by atoms with Crippen LogP contribution < -0.4 is 10.5 Å². The molecule has 0 atom stereocenters. The van der Waals surface area contributed by atoms with Crippen LogP contribution in [0.3, 0.4) is 0 Å². The molecule has 0 radical (unpaired) electrons. The SMILES string of the molecule is O=C(CCn1cnc2ccccc2c1=O)N1CCN(c2ccc(-c3ccncc3)nn2)CC1. The van der Waals surface area contributed by atoms with Gasteiger partial charge in [0.25, 0.3) is 5.56 Å². The van der Waals surface area contributed by atoms with Crippen molar-refractivity contribution in [1.82, 2.24) is 29.6 Å². The number of amides is 1. The molecule has 0 saturated carbocycles. The van der Waals surface area contributed by atoms with E-state index in [1.165, 1.54) is 10.9 Å². The molecule has 33 heavy (non-hydrogen) atoms. The molecule has 5 rings (SSSR count). The van der Waals surface area contributed by atoms with Crippen LogP contribution in [0.5, 0.6) is 0 Å². The summed E-state index contributed by atoms with van der Waals surface area (Å²) in [6.45, 7) is 2.91. The largest absolute Gasteiger partial charge is 0.352 e. The number of carbonyl (C=O) groups is 1. The van der Waals surface area contributed by atoms with Crippen molar-refractivity contribution in [2.45, 2.75) is 13.0 Å². The molecule has 1 saturated heterocycles. The number of hydrogen-bond acceptors (Lipinski definition) is 7. The lowest BCUT2D eigenvalue weighted by atomic mass is 10.2. The second-order valence-corrected chi connectivity index (χ2v) is 7.89. The van der Waals surface area contributed by atoms with Gasteiger partial charge in [0.2, 0.25) is 5.91 Å². The fourth-order valence-electron chi connectivity index (χ4n) is 4.00. The van der Waals surface area contributed by atoms with Crippen molar-refractivity contribution in [2.75, 3.05) is 31.1 Å². The molecule has 1 aromatic carbocycles. The van der Waals surface area contributed by atoms with Crippen molar-refractivity contribution in [3.63, 3.8) is 0 Å². The van der Waals surface area contributed by atoms with Gasteiger partial charge in [-0.15, -0.1) is 10.2 Å². The highest BCUT2D eigenvalue weighted by Crippen LogP contribution is 2.19. The molecule has 1 aliphatic heterocycles. The molecule has 0 unspecified atom stereocenters. The van der Waals surface area contributed by atoms with Gasteiger partial charge >= 0.3 is 0 Å². The summed E-state index contributed by atoms with van der Waals surface area (Å²) >= 11 is 0. The first-order valence-electron chi connectivity index (χ1n) is 10.9. The number of hydrogen-bond donors (Lipinski definition) is 0. The van der Waals surface area contributed by atoms with Crippen molar-refractivity contribution in [2.24, 2.45) is 0 Å². The molecule has 0 bridgehead atoms. The van der Waals surface area contributed by atoms with E-state index in [9.17, 15) is 9.59 Å². The standard InChI is InChI=1S/C24H23N7O2/c32-23(9-12-31-17-26-21-4-2-1-3-19(21)24(31)33)30-15-13-29(14-16-30)22-6-5-20(27-28-22)18-7-10-25-11-8-18/h1-8,10-11,17H,9,12-16H2. The minimum atomic E-state index is -0.119. The van der Waals surface area contributed by atoms with Crippen LogP contribution in [0.2, 0.25) is 0 Å². The number of piperazine rings is 1. The van der Waals surface area contributed by atoms with Crippen molar-refractivity contribution >= 4 is 22.6 Å². The Morgan fingerprint density at radius 2 is 1.70 bits per heavy atom. The van der Waals surface area contributed by atoms with Gasteiger partial charge in [0, 0.05) is 57.1 Å². The zero-order valence-corrected chi connectivity index (χ0v) is 18.0. The van der Waals surface area contributed by atoms with Crippen molar-refractivity contribution in [1.29, 1.82) is 0 Å². The molecule has 0 N–H and O–H groups in total. The van der Waals surface area contributed by atoms with Crippen molar-refractivity contribution in [3.05, 3.63) is 77.6 Å². The average Bonchev–Trinajstić information content (AvgIpc) is 2.89. The van der Waals surface area contributed by atoms with Crippen LogP contribution >= 0.6 is 0 Å². The molecule has 9 nitrogen and oxygen atoms in total.